The van der Waals surface area contributed by atoms with Gasteiger partial charge in [0.2, 0.25) is 10.0 Å². The van der Waals surface area contributed by atoms with Crippen LogP contribution in [0.15, 0.2) is 23.1 Å². The molecule has 0 saturated carbocycles. The Kier molecular flexibility index (Phi) is 3.73. The van der Waals surface area contributed by atoms with Crippen molar-refractivity contribution in [3.63, 3.8) is 0 Å². The van der Waals surface area contributed by atoms with Crippen molar-refractivity contribution < 1.29 is 22.4 Å². The highest BCUT2D eigenvalue weighted by Gasteiger charge is 2.30. The van der Waals surface area contributed by atoms with Gasteiger partial charge in [0.05, 0.1) is 4.90 Å². The van der Waals surface area contributed by atoms with Crippen molar-refractivity contribution >= 4 is 22.0 Å². The van der Waals surface area contributed by atoms with E-state index < -0.39 is 33.8 Å². The topological polar surface area (TPSA) is 104 Å². The zero-order valence-corrected chi connectivity index (χ0v) is 11.3. The standard InChI is InChI=1S/C11H12FN3O4S/c1-6-4-7(12)2-3-9(6)20(18,19)13-5-8-10(16)15-11(17)14-8/h2-4,8,13H,5H2,1H3,(H2,14,15,16,17). The zero-order valence-electron chi connectivity index (χ0n) is 10.4. The van der Waals surface area contributed by atoms with E-state index in [-0.39, 0.29) is 17.0 Å². The molecular formula is C11H12FN3O4S. The predicted octanol–water partition coefficient (Wildman–Crippen LogP) is -0.380. The summed E-state index contributed by atoms with van der Waals surface area (Å²) in [6, 6.07) is 1.64. The molecule has 3 N–H and O–H groups in total. The molecule has 9 heteroatoms. The molecule has 1 saturated heterocycles. The van der Waals surface area contributed by atoms with Gasteiger partial charge in [0.25, 0.3) is 5.91 Å². The van der Waals surface area contributed by atoms with E-state index in [1.54, 1.807) is 0 Å². The maximum atomic E-state index is 12.9. The highest BCUT2D eigenvalue weighted by Crippen LogP contribution is 2.15. The number of sulfonamides is 1. The Hall–Kier alpha value is -2.00. The molecule has 7 nitrogen and oxygen atoms in total. The average Bonchev–Trinajstić information content (AvgIpc) is 2.65. The van der Waals surface area contributed by atoms with Crippen LogP contribution in [0.4, 0.5) is 9.18 Å². The van der Waals surface area contributed by atoms with Crippen LogP contribution in [0.3, 0.4) is 0 Å². The van der Waals surface area contributed by atoms with Gasteiger partial charge in [-0.15, -0.1) is 0 Å². The molecule has 0 aliphatic carbocycles. The van der Waals surface area contributed by atoms with E-state index in [9.17, 15) is 22.4 Å². The van der Waals surface area contributed by atoms with Gasteiger partial charge in [0, 0.05) is 6.54 Å². The lowest BCUT2D eigenvalue weighted by Gasteiger charge is -2.11. The van der Waals surface area contributed by atoms with Crippen LogP contribution in [-0.4, -0.2) is 32.9 Å². The van der Waals surface area contributed by atoms with E-state index >= 15 is 0 Å². The number of benzene rings is 1. The summed E-state index contributed by atoms with van der Waals surface area (Å²) in [4.78, 5) is 22.1. The summed E-state index contributed by atoms with van der Waals surface area (Å²) in [5.74, 6) is -1.14. The van der Waals surface area contributed by atoms with E-state index in [2.05, 4.69) is 10.0 Å². The Morgan fingerprint density at radius 3 is 2.60 bits per heavy atom. The largest absolute Gasteiger partial charge is 0.325 e. The third-order valence-corrected chi connectivity index (χ3v) is 4.35. The minimum Gasteiger partial charge on any atom is -0.325 e. The Bertz CT molecular complexity index is 674. The molecule has 0 spiro atoms. The number of rotatable bonds is 4. The second-order valence-electron chi connectivity index (χ2n) is 4.28. The molecule has 1 aromatic rings. The molecule has 0 bridgehead atoms. The van der Waals surface area contributed by atoms with Crippen LogP contribution >= 0.6 is 0 Å². The normalized spacial score (nSPS) is 18.8. The lowest BCUT2D eigenvalue weighted by molar-refractivity contribution is -0.120. The lowest BCUT2D eigenvalue weighted by Crippen LogP contribution is -2.41. The van der Waals surface area contributed by atoms with Crippen LogP contribution in [-0.2, 0) is 14.8 Å². The van der Waals surface area contributed by atoms with Crippen molar-refractivity contribution in [1.82, 2.24) is 15.4 Å². The Morgan fingerprint density at radius 2 is 2.05 bits per heavy atom. The monoisotopic (exact) mass is 301 g/mol. The molecule has 1 aliphatic rings. The number of hydrogen-bond acceptors (Lipinski definition) is 4. The zero-order chi connectivity index (χ0) is 14.9. The van der Waals surface area contributed by atoms with E-state index in [1.165, 1.54) is 6.92 Å². The molecule has 108 valence electrons. The third-order valence-electron chi connectivity index (χ3n) is 2.76. The Labute approximate surface area is 114 Å². The molecule has 20 heavy (non-hydrogen) atoms. The summed E-state index contributed by atoms with van der Waals surface area (Å²) in [6.07, 6.45) is 0. The molecule has 1 unspecified atom stereocenters. The molecular weight excluding hydrogens is 289 g/mol. The Morgan fingerprint density at radius 1 is 1.35 bits per heavy atom. The van der Waals surface area contributed by atoms with Crippen molar-refractivity contribution in [3.8, 4) is 0 Å². The molecule has 1 aliphatic heterocycles. The fourth-order valence-electron chi connectivity index (χ4n) is 1.79. The number of hydrogen-bond donors (Lipinski definition) is 3. The average molecular weight is 301 g/mol. The molecule has 2 rings (SSSR count). The third kappa shape index (κ3) is 2.94. The maximum Gasteiger partial charge on any atom is 0.322 e. The van der Waals surface area contributed by atoms with Gasteiger partial charge in [0.1, 0.15) is 11.9 Å². The molecule has 1 atom stereocenters. The summed E-state index contributed by atoms with van der Waals surface area (Å²) in [5, 5.41) is 4.25. The summed E-state index contributed by atoms with van der Waals surface area (Å²) < 4.78 is 39.2. The van der Waals surface area contributed by atoms with E-state index in [1.807, 2.05) is 5.32 Å². The van der Waals surface area contributed by atoms with Crippen LogP contribution < -0.4 is 15.4 Å². The van der Waals surface area contributed by atoms with Crippen LogP contribution in [0, 0.1) is 12.7 Å². The van der Waals surface area contributed by atoms with Gasteiger partial charge in [-0.2, -0.15) is 0 Å². The van der Waals surface area contributed by atoms with Crippen molar-refractivity contribution in [2.45, 2.75) is 17.9 Å². The number of halogens is 1. The van der Waals surface area contributed by atoms with Gasteiger partial charge in [-0.3, -0.25) is 10.1 Å². The van der Waals surface area contributed by atoms with E-state index in [0.717, 1.165) is 18.2 Å². The van der Waals surface area contributed by atoms with Crippen LogP contribution in [0.25, 0.3) is 0 Å². The molecule has 1 fully saturated rings. The van der Waals surface area contributed by atoms with Crippen molar-refractivity contribution in [3.05, 3.63) is 29.6 Å². The first-order valence-electron chi connectivity index (χ1n) is 5.67. The van der Waals surface area contributed by atoms with Gasteiger partial charge >= 0.3 is 6.03 Å². The van der Waals surface area contributed by atoms with Gasteiger partial charge in [-0.1, -0.05) is 0 Å². The van der Waals surface area contributed by atoms with Gasteiger partial charge in [0.15, 0.2) is 0 Å². The first kappa shape index (κ1) is 14.4. The highest BCUT2D eigenvalue weighted by molar-refractivity contribution is 7.89. The highest BCUT2D eigenvalue weighted by atomic mass is 32.2. The second-order valence-corrected chi connectivity index (χ2v) is 6.01. The number of amides is 3. The van der Waals surface area contributed by atoms with Gasteiger partial charge < -0.3 is 5.32 Å². The van der Waals surface area contributed by atoms with Gasteiger partial charge in [-0.25, -0.2) is 22.3 Å². The second kappa shape index (κ2) is 5.17. The number of aryl methyl sites for hydroxylation is 1. The number of carbonyl (C=O) groups excluding carboxylic acids is 2. The first-order valence-corrected chi connectivity index (χ1v) is 7.15. The molecule has 0 radical (unpaired) electrons. The maximum absolute atomic E-state index is 12.9. The van der Waals surface area contributed by atoms with Crippen LogP contribution in [0.5, 0.6) is 0 Å². The fraction of sp³-hybridized carbons (Fsp3) is 0.273. The minimum atomic E-state index is -3.88. The van der Waals surface area contributed by atoms with Gasteiger partial charge in [-0.05, 0) is 30.7 Å². The minimum absolute atomic E-state index is 0.0800. The van der Waals surface area contributed by atoms with E-state index in [4.69, 9.17) is 0 Å². The summed E-state index contributed by atoms with van der Waals surface area (Å²) in [7, 11) is -3.88. The SMILES string of the molecule is Cc1cc(F)ccc1S(=O)(=O)NCC1NC(=O)NC1=O. The Balaban J connectivity index is 2.12. The number of imide groups is 1. The fourth-order valence-corrected chi connectivity index (χ4v) is 3.06. The molecule has 1 heterocycles. The summed E-state index contributed by atoms with van der Waals surface area (Å²) >= 11 is 0. The smallest absolute Gasteiger partial charge is 0.322 e. The van der Waals surface area contributed by atoms with E-state index in [0.29, 0.717) is 0 Å². The first-order chi connectivity index (χ1) is 9.29. The van der Waals surface area contributed by atoms with Crippen LogP contribution in [0.1, 0.15) is 5.56 Å². The number of carbonyl (C=O) groups is 2. The number of urea groups is 1. The van der Waals surface area contributed by atoms with Crippen molar-refractivity contribution in [1.29, 1.82) is 0 Å². The predicted molar refractivity (Wildman–Crippen MR) is 66.8 cm³/mol. The van der Waals surface area contributed by atoms with Crippen molar-refractivity contribution in [2.75, 3.05) is 6.54 Å². The summed E-state index contributed by atoms with van der Waals surface area (Å²) in [6.45, 7) is 1.18. The lowest BCUT2D eigenvalue weighted by atomic mass is 10.2. The molecule has 0 aromatic heterocycles. The molecule has 1 aromatic carbocycles. The number of nitrogens with one attached hydrogen (secondary N) is 3. The quantitative estimate of drug-likeness (QED) is 0.659. The summed E-state index contributed by atoms with van der Waals surface area (Å²) in [5.41, 5.74) is 0.248. The van der Waals surface area contributed by atoms with Crippen molar-refractivity contribution in [2.24, 2.45) is 0 Å². The van der Waals surface area contributed by atoms with Crippen LogP contribution in [0.2, 0.25) is 0 Å². The molecule has 3 amide bonds.